The highest BCUT2D eigenvalue weighted by Gasteiger charge is 2.24. The molecule has 1 aliphatic rings. The topological polar surface area (TPSA) is 48.4 Å². The van der Waals surface area contributed by atoms with Gasteiger partial charge in [0, 0.05) is 15.5 Å². The molecule has 3 aromatic rings. The Hall–Kier alpha value is -2.83. The molecule has 0 fully saturated rings. The Bertz CT molecular complexity index is 1230. The van der Waals surface area contributed by atoms with Crippen LogP contribution in [0.1, 0.15) is 53.5 Å². The minimum atomic E-state index is -0.417. The molecule has 7 heteroatoms. The molecule has 0 radical (unpaired) electrons. The van der Waals surface area contributed by atoms with Gasteiger partial charge >= 0.3 is 5.97 Å². The van der Waals surface area contributed by atoms with Crippen molar-refractivity contribution in [2.24, 2.45) is 0 Å². The van der Waals surface area contributed by atoms with Crippen molar-refractivity contribution in [2.45, 2.75) is 37.7 Å². The summed E-state index contributed by atoms with van der Waals surface area (Å²) >= 11 is 7.83. The van der Waals surface area contributed by atoms with E-state index in [9.17, 15) is 9.18 Å². The van der Waals surface area contributed by atoms with E-state index in [1.165, 1.54) is 23.9 Å². The molecule has 0 saturated heterocycles. The number of rotatable bonds is 8. The quantitative estimate of drug-likeness (QED) is 0.239. The number of pyridine rings is 1. The standard InChI is InChI=1S/C27H25ClFNO3S/c1-3-32-27(31)26-25(34-2)14-12-23(30-26)21-6-4-5-20(21)22-15-18(28)9-13-24(22)33-16-17-7-10-19(29)11-8-17/h7-15H,3-6,16H2,1-2H3. The molecule has 0 saturated carbocycles. The molecular weight excluding hydrogens is 473 g/mol. The van der Waals surface area contributed by atoms with Crippen LogP contribution in [0.4, 0.5) is 4.39 Å². The average Bonchev–Trinajstić information content (AvgIpc) is 3.34. The van der Waals surface area contributed by atoms with Gasteiger partial charge in [-0.2, -0.15) is 0 Å². The summed E-state index contributed by atoms with van der Waals surface area (Å²) in [5.74, 6) is 0.00765. The lowest BCUT2D eigenvalue weighted by molar-refractivity contribution is 0.0515. The van der Waals surface area contributed by atoms with E-state index < -0.39 is 5.97 Å². The predicted molar refractivity (Wildman–Crippen MR) is 135 cm³/mol. The van der Waals surface area contributed by atoms with Crippen LogP contribution >= 0.6 is 23.4 Å². The minimum Gasteiger partial charge on any atom is -0.488 e. The van der Waals surface area contributed by atoms with Gasteiger partial charge in [-0.05, 0) is 91.6 Å². The van der Waals surface area contributed by atoms with Crippen LogP contribution in [-0.2, 0) is 11.3 Å². The van der Waals surface area contributed by atoms with Crippen molar-refractivity contribution < 1.29 is 18.7 Å². The summed E-state index contributed by atoms with van der Waals surface area (Å²) in [6.07, 6.45) is 4.57. The Balaban J connectivity index is 1.71. The fourth-order valence-electron chi connectivity index (χ4n) is 4.05. The maximum atomic E-state index is 13.2. The van der Waals surface area contributed by atoms with E-state index in [4.69, 9.17) is 26.1 Å². The number of benzene rings is 2. The zero-order valence-electron chi connectivity index (χ0n) is 19.1. The number of esters is 1. The molecule has 2 aromatic carbocycles. The SMILES string of the molecule is CCOC(=O)c1nc(C2=C(c3cc(Cl)ccc3OCc3ccc(F)cc3)CCC2)ccc1SC. The second-order valence-corrected chi connectivity index (χ2v) is 9.12. The third-order valence-electron chi connectivity index (χ3n) is 5.65. The number of allylic oxidation sites excluding steroid dienone is 2. The van der Waals surface area contributed by atoms with Gasteiger partial charge in [0.25, 0.3) is 0 Å². The molecule has 0 amide bonds. The van der Waals surface area contributed by atoms with Crippen LogP contribution in [-0.4, -0.2) is 23.8 Å². The number of nitrogens with zero attached hydrogens (tertiary/aromatic N) is 1. The van der Waals surface area contributed by atoms with E-state index in [1.807, 2.05) is 30.5 Å². The Morgan fingerprint density at radius 3 is 2.59 bits per heavy atom. The number of halogens is 2. The summed E-state index contributed by atoms with van der Waals surface area (Å²) in [7, 11) is 0. The average molecular weight is 498 g/mol. The summed E-state index contributed by atoms with van der Waals surface area (Å²) in [4.78, 5) is 18.0. The number of hydrogen-bond acceptors (Lipinski definition) is 5. The largest absolute Gasteiger partial charge is 0.488 e. The molecule has 4 rings (SSSR count). The predicted octanol–water partition coefficient (Wildman–Crippen LogP) is 7.45. The zero-order chi connectivity index (χ0) is 24.1. The molecule has 176 valence electrons. The minimum absolute atomic E-state index is 0.279. The highest BCUT2D eigenvalue weighted by molar-refractivity contribution is 7.98. The van der Waals surface area contributed by atoms with E-state index in [2.05, 4.69) is 0 Å². The molecule has 1 heterocycles. The van der Waals surface area contributed by atoms with Crippen LogP contribution in [0.2, 0.25) is 5.02 Å². The van der Waals surface area contributed by atoms with Gasteiger partial charge in [-0.3, -0.25) is 0 Å². The molecule has 1 aromatic heterocycles. The lowest BCUT2D eigenvalue weighted by Crippen LogP contribution is -2.10. The number of carbonyl (C=O) groups is 1. The zero-order valence-corrected chi connectivity index (χ0v) is 20.6. The van der Waals surface area contributed by atoms with Gasteiger partial charge in [0.15, 0.2) is 5.69 Å². The summed E-state index contributed by atoms with van der Waals surface area (Å²) in [6, 6.07) is 15.7. The van der Waals surface area contributed by atoms with Gasteiger partial charge in [-0.25, -0.2) is 14.2 Å². The molecule has 0 unspecified atom stereocenters. The molecule has 0 atom stereocenters. The number of carbonyl (C=O) groups excluding carboxylic acids is 1. The van der Waals surface area contributed by atoms with Crippen molar-refractivity contribution >= 4 is 40.5 Å². The molecule has 0 bridgehead atoms. The maximum Gasteiger partial charge on any atom is 0.358 e. The van der Waals surface area contributed by atoms with Crippen molar-refractivity contribution in [3.8, 4) is 5.75 Å². The first-order valence-electron chi connectivity index (χ1n) is 11.1. The highest BCUT2D eigenvalue weighted by Crippen LogP contribution is 2.43. The lowest BCUT2D eigenvalue weighted by Gasteiger charge is -2.15. The van der Waals surface area contributed by atoms with Gasteiger partial charge in [0.05, 0.1) is 12.3 Å². The second kappa shape index (κ2) is 11.1. The first-order chi connectivity index (χ1) is 16.5. The van der Waals surface area contributed by atoms with Gasteiger partial charge in [-0.1, -0.05) is 23.7 Å². The van der Waals surface area contributed by atoms with E-state index >= 15 is 0 Å². The van der Waals surface area contributed by atoms with Crippen molar-refractivity contribution in [3.63, 3.8) is 0 Å². The Labute approximate surface area is 208 Å². The molecule has 0 spiro atoms. The number of thioether (sulfide) groups is 1. The normalized spacial score (nSPS) is 13.3. The number of hydrogen-bond donors (Lipinski definition) is 0. The smallest absolute Gasteiger partial charge is 0.358 e. The van der Waals surface area contributed by atoms with Crippen LogP contribution in [0.15, 0.2) is 59.5 Å². The van der Waals surface area contributed by atoms with Crippen molar-refractivity contribution in [1.29, 1.82) is 0 Å². The lowest BCUT2D eigenvalue weighted by atomic mass is 9.98. The Morgan fingerprint density at radius 2 is 1.85 bits per heavy atom. The van der Waals surface area contributed by atoms with Crippen molar-refractivity contribution in [1.82, 2.24) is 4.98 Å². The fraction of sp³-hybridized carbons (Fsp3) is 0.259. The Morgan fingerprint density at radius 1 is 1.09 bits per heavy atom. The van der Waals surface area contributed by atoms with Gasteiger partial charge in [0.1, 0.15) is 18.2 Å². The Kier molecular flexibility index (Phi) is 7.91. The van der Waals surface area contributed by atoms with Crippen molar-refractivity contribution in [3.05, 3.63) is 88.0 Å². The summed E-state index contributed by atoms with van der Waals surface area (Å²) < 4.78 is 24.6. The first kappa shape index (κ1) is 24.3. The van der Waals surface area contributed by atoms with Crippen LogP contribution in [0, 0.1) is 5.82 Å². The van der Waals surface area contributed by atoms with E-state index in [1.54, 1.807) is 25.1 Å². The number of aromatic nitrogens is 1. The van der Waals surface area contributed by atoms with E-state index in [0.29, 0.717) is 29.7 Å². The van der Waals surface area contributed by atoms with Crippen LogP contribution in [0.25, 0.3) is 11.1 Å². The van der Waals surface area contributed by atoms with E-state index in [0.717, 1.165) is 52.1 Å². The monoisotopic (exact) mass is 497 g/mol. The summed E-state index contributed by atoms with van der Waals surface area (Å²) in [6.45, 7) is 2.39. The second-order valence-electron chi connectivity index (χ2n) is 7.83. The molecule has 4 nitrogen and oxygen atoms in total. The van der Waals surface area contributed by atoms with Gasteiger partial charge in [0.2, 0.25) is 0 Å². The molecular formula is C27H25ClFNO3S. The van der Waals surface area contributed by atoms with Crippen LogP contribution in [0.3, 0.4) is 0 Å². The third kappa shape index (κ3) is 5.45. The maximum absolute atomic E-state index is 13.2. The number of ether oxygens (including phenoxy) is 2. The highest BCUT2D eigenvalue weighted by atomic mass is 35.5. The third-order valence-corrected chi connectivity index (χ3v) is 6.65. The molecule has 1 aliphatic carbocycles. The molecule has 0 N–H and O–H groups in total. The fourth-order valence-corrected chi connectivity index (χ4v) is 4.75. The van der Waals surface area contributed by atoms with Crippen LogP contribution in [0.5, 0.6) is 5.75 Å². The summed E-state index contributed by atoms with van der Waals surface area (Å²) in [5.41, 5.74) is 5.07. The van der Waals surface area contributed by atoms with Gasteiger partial charge < -0.3 is 9.47 Å². The van der Waals surface area contributed by atoms with Gasteiger partial charge in [-0.15, -0.1) is 11.8 Å². The van der Waals surface area contributed by atoms with Crippen molar-refractivity contribution in [2.75, 3.05) is 12.9 Å². The summed E-state index contributed by atoms with van der Waals surface area (Å²) in [5, 5.41) is 0.612. The molecule has 34 heavy (non-hydrogen) atoms. The van der Waals surface area contributed by atoms with E-state index in [-0.39, 0.29) is 5.82 Å². The van der Waals surface area contributed by atoms with Crippen LogP contribution < -0.4 is 4.74 Å². The molecule has 0 aliphatic heterocycles. The first-order valence-corrected chi connectivity index (χ1v) is 12.7.